The molecule has 0 bridgehead atoms. The number of anilines is 1. The van der Waals surface area contributed by atoms with Crippen LogP contribution in [0, 0.1) is 0 Å². The minimum Gasteiger partial charge on any atom is -0.477 e. The van der Waals surface area contributed by atoms with Crippen molar-refractivity contribution in [2.75, 3.05) is 11.1 Å². The molecule has 1 aromatic carbocycles. The summed E-state index contributed by atoms with van der Waals surface area (Å²) in [6.45, 7) is 5.30. The lowest BCUT2D eigenvalue weighted by Gasteiger charge is -2.07. The van der Waals surface area contributed by atoms with Gasteiger partial charge in [0.25, 0.3) is 0 Å². The highest BCUT2D eigenvalue weighted by Crippen LogP contribution is 2.32. The third-order valence-corrected chi connectivity index (χ3v) is 6.29. The van der Waals surface area contributed by atoms with E-state index >= 15 is 0 Å². The van der Waals surface area contributed by atoms with E-state index in [1.165, 1.54) is 23.5 Å². The first kappa shape index (κ1) is 21.5. The van der Waals surface area contributed by atoms with Gasteiger partial charge in [-0.15, -0.1) is 23.1 Å². The third-order valence-electron chi connectivity index (χ3n) is 3.43. The number of carbonyl (C=O) groups is 3. The van der Waals surface area contributed by atoms with Crippen LogP contribution in [0.3, 0.4) is 0 Å². The Labute approximate surface area is 174 Å². The van der Waals surface area contributed by atoms with E-state index in [-0.39, 0.29) is 21.5 Å². The van der Waals surface area contributed by atoms with Crippen molar-refractivity contribution < 1.29 is 19.5 Å². The molecule has 1 amide bonds. The van der Waals surface area contributed by atoms with Crippen LogP contribution < -0.4 is 5.32 Å². The van der Waals surface area contributed by atoms with Crippen LogP contribution in [0.15, 0.2) is 35.7 Å². The average molecular weight is 444 g/mol. The first-order valence-electron chi connectivity index (χ1n) is 7.70. The number of rotatable bonds is 8. The molecule has 5 nitrogen and oxygen atoms in total. The lowest BCUT2D eigenvalue weighted by molar-refractivity contribution is -0.131. The van der Waals surface area contributed by atoms with E-state index in [9.17, 15) is 14.4 Å². The number of aliphatic carboxylic acids is 1. The number of nitrogens with one attached hydrogen (secondary N) is 1. The first-order valence-corrected chi connectivity index (χ1v) is 10.3. The smallest absolute Gasteiger partial charge is 0.341 e. The minimum atomic E-state index is -1.17. The highest BCUT2D eigenvalue weighted by atomic mass is 35.5. The second-order valence-corrected chi connectivity index (χ2v) is 8.35. The topological polar surface area (TPSA) is 83.5 Å². The van der Waals surface area contributed by atoms with Crippen molar-refractivity contribution in [2.45, 2.75) is 13.3 Å². The molecule has 1 aromatic heterocycles. The number of carboxylic acid groups (broad SMARTS) is 1. The number of carbonyl (C=O) groups excluding carboxylic acids is 2. The summed E-state index contributed by atoms with van der Waals surface area (Å²) in [6, 6.07) is 6.32. The maximum atomic E-state index is 12.9. The normalized spacial score (nSPS) is 10.5. The van der Waals surface area contributed by atoms with Crippen molar-refractivity contribution in [3.63, 3.8) is 0 Å². The van der Waals surface area contributed by atoms with E-state index in [2.05, 4.69) is 11.9 Å². The summed E-state index contributed by atoms with van der Waals surface area (Å²) in [5.41, 5.74) is 0.708. The molecule has 2 aromatic rings. The Morgan fingerprint density at radius 1 is 1.22 bits per heavy atom. The van der Waals surface area contributed by atoms with Crippen molar-refractivity contribution in [3.05, 3.63) is 61.8 Å². The molecule has 0 atom stereocenters. The summed E-state index contributed by atoms with van der Waals surface area (Å²) < 4.78 is 0. The number of hydrogen-bond donors (Lipinski definition) is 2. The van der Waals surface area contributed by atoms with Crippen LogP contribution in [0.25, 0.3) is 0 Å². The molecule has 0 unspecified atom stereocenters. The van der Waals surface area contributed by atoms with Crippen LogP contribution in [-0.4, -0.2) is 28.5 Å². The number of carboxylic acids is 1. The van der Waals surface area contributed by atoms with Crippen molar-refractivity contribution in [2.24, 2.45) is 0 Å². The van der Waals surface area contributed by atoms with Gasteiger partial charge in [-0.1, -0.05) is 36.7 Å². The predicted molar refractivity (Wildman–Crippen MR) is 111 cm³/mol. The van der Waals surface area contributed by atoms with Gasteiger partial charge in [0.1, 0.15) is 5.00 Å². The molecule has 0 radical (unpaired) electrons. The van der Waals surface area contributed by atoms with Gasteiger partial charge in [-0.2, -0.15) is 0 Å². The van der Waals surface area contributed by atoms with Crippen molar-refractivity contribution in [3.8, 4) is 0 Å². The first-order chi connectivity index (χ1) is 12.7. The molecule has 0 aliphatic heterocycles. The molecule has 0 fully saturated rings. The van der Waals surface area contributed by atoms with Crippen LogP contribution in [0.1, 0.15) is 27.7 Å². The molecule has 9 heteroatoms. The van der Waals surface area contributed by atoms with Crippen LogP contribution >= 0.6 is 46.3 Å². The lowest BCUT2D eigenvalue weighted by atomic mass is 10.0. The number of ketones is 1. The Morgan fingerprint density at radius 2 is 1.93 bits per heavy atom. The van der Waals surface area contributed by atoms with E-state index in [1.54, 1.807) is 12.1 Å². The summed E-state index contributed by atoms with van der Waals surface area (Å²) in [4.78, 5) is 36.5. The van der Waals surface area contributed by atoms with Gasteiger partial charge in [-0.05, 0) is 30.7 Å². The van der Waals surface area contributed by atoms with E-state index in [0.29, 0.717) is 27.6 Å². The maximum Gasteiger partial charge on any atom is 0.341 e. The van der Waals surface area contributed by atoms with E-state index < -0.39 is 11.9 Å². The predicted octanol–water partition coefficient (Wildman–Crippen LogP) is 5.12. The zero-order chi connectivity index (χ0) is 20.1. The Kier molecular flexibility index (Phi) is 7.49. The number of thiophene rings is 1. The van der Waals surface area contributed by atoms with Gasteiger partial charge in [-0.25, -0.2) is 4.79 Å². The van der Waals surface area contributed by atoms with Crippen LogP contribution in [0.2, 0.25) is 10.0 Å². The lowest BCUT2D eigenvalue weighted by Crippen LogP contribution is -2.16. The van der Waals surface area contributed by atoms with E-state index in [1.807, 2.05) is 6.92 Å². The van der Waals surface area contributed by atoms with Gasteiger partial charge >= 0.3 is 5.97 Å². The molecule has 142 valence electrons. The average Bonchev–Trinajstić information content (AvgIpc) is 3.04. The largest absolute Gasteiger partial charge is 0.477 e. The van der Waals surface area contributed by atoms with Gasteiger partial charge in [0.05, 0.1) is 26.3 Å². The number of benzene rings is 1. The molecular formula is C18H15Cl2NO4S2. The van der Waals surface area contributed by atoms with Gasteiger partial charge < -0.3 is 10.4 Å². The number of thioether (sulfide) groups is 1. The SMILES string of the molecule is C=C(SCC(=O)Nc1sc(CC)cc1C(=O)c1ccc(Cl)c(Cl)c1)C(=O)O. The fourth-order valence-corrected chi connectivity index (χ4v) is 3.86. The molecule has 1 heterocycles. The molecule has 0 spiro atoms. The second-order valence-electron chi connectivity index (χ2n) is 5.33. The van der Waals surface area contributed by atoms with Crippen molar-refractivity contribution >= 4 is 69.0 Å². The standard InChI is InChI=1S/C18H15Cl2NO4S2/c1-3-11-7-12(16(23)10-4-5-13(19)14(20)6-10)17(27-11)21-15(22)8-26-9(2)18(24)25/h4-7H,2-3,8H2,1H3,(H,21,22)(H,24,25). The monoisotopic (exact) mass is 443 g/mol. The zero-order valence-corrected chi connectivity index (χ0v) is 17.3. The van der Waals surface area contributed by atoms with Gasteiger partial charge in [-0.3, -0.25) is 9.59 Å². The van der Waals surface area contributed by atoms with Crippen molar-refractivity contribution in [1.29, 1.82) is 0 Å². The Balaban J connectivity index is 2.22. The Bertz CT molecular complexity index is 924. The molecule has 27 heavy (non-hydrogen) atoms. The summed E-state index contributed by atoms with van der Waals surface area (Å²) in [7, 11) is 0. The zero-order valence-electron chi connectivity index (χ0n) is 14.2. The highest BCUT2D eigenvalue weighted by molar-refractivity contribution is 8.04. The summed E-state index contributed by atoms with van der Waals surface area (Å²) in [6.07, 6.45) is 0.701. The summed E-state index contributed by atoms with van der Waals surface area (Å²) in [5.74, 6) is -2.00. The quantitative estimate of drug-likeness (QED) is 0.436. The fraction of sp³-hybridized carbons (Fsp3) is 0.167. The van der Waals surface area contributed by atoms with Crippen molar-refractivity contribution in [1.82, 2.24) is 0 Å². The molecular weight excluding hydrogens is 429 g/mol. The molecule has 0 saturated carbocycles. The number of aryl methyl sites for hydroxylation is 1. The highest BCUT2D eigenvalue weighted by Gasteiger charge is 2.20. The minimum absolute atomic E-state index is 0.120. The van der Waals surface area contributed by atoms with Crippen LogP contribution in [0.4, 0.5) is 5.00 Å². The third kappa shape index (κ3) is 5.59. The number of hydrogen-bond acceptors (Lipinski definition) is 5. The summed E-state index contributed by atoms with van der Waals surface area (Å²) >= 11 is 14.0. The maximum absolute atomic E-state index is 12.9. The molecule has 2 rings (SSSR count). The van der Waals surface area contributed by atoms with Gasteiger partial charge in [0, 0.05) is 10.4 Å². The van der Waals surface area contributed by atoms with Gasteiger partial charge in [0.15, 0.2) is 5.78 Å². The van der Waals surface area contributed by atoms with E-state index in [4.69, 9.17) is 28.3 Å². The Morgan fingerprint density at radius 3 is 2.52 bits per heavy atom. The molecule has 0 saturated heterocycles. The number of halogens is 2. The fourth-order valence-electron chi connectivity index (χ4n) is 2.05. The van der Waals surface area contributed by atoms with Crippen LogP contribution in [-0.2, 0) is 16.0 Å². The van der Waals surface area contributed by atoms with Gasteiger partial charge in [0.2, 0.25) is 5.91 Å². The van der Waals surface area contributed by atoms with E-state index in [0.717, 1.165) is 16.6 Å². The number of amides is 1. The molecule has 0 aliphatic rings. The second kappa shape index (κ2) is 9.41. The van der Waals surface area contributed by atoms with Crippen LogP contribution in [0.5, 0.6) is 0 Å². The molecule has 0 aliphatic carbocycles. The summed E-state index contributed by atoms with van der Waals surface area (Å²) in [5, 5.41) is 12.5. The Hall–Kier alpha value is -1.80. The molecule has 2 N–H and O–H groups in total.